The van der Waals surface area contributed by atoms with Crippen molar-refractivity contribution >= 4 is 35.1 Å². The highest BCUT2D eigenvalue weighted by molar-refractivity contribution is 7.17. The van der Waals surface area contributed by atoms with Crippen molar-refractivity contribution in [3.63, 3.8) is 0 Å². The summed E-state index contributed by atoms with van der Waals surface area (Å²) in [6.45, 7) is 4.05. The Labute approximate surface area is 181 Å². The number of rotatable bonds is 7. The summed E-state index contributed by atoms with van der Waals surface area (Å²) in [5, 5.41) is 5.38. The number of nitrogens with zero attached hydrogens (tertiary/aromatic N) is 4. The summed E-state index contributed by atoms with van der Waals surface area (Å²) in [7, 11) is 0. The third-order valence-electron chi connectivity index (χ3n) is 3.84. The molecule has 0 aliphatic carbocycles. The number of primary amides is 1. The fourth-order valence-corrected chi connectivity index (χ4v) is 3.54. The summed E-state index contributed by atoms with van der Waals surface area (Å²) in [5.74, 6) is -0.966. The molecule has 12 heteroatoms. The minimum Gasteiger partial charge on any atom is -0.462 e. The molecule has 3 rings (SSSR count). The van der Waals surface area contributed by atoms with Crippen molar-refractivity contribution in [3.05, 3.63) is 41.2 Å². The lowest BCUT2D eigenvalue weighted by Gasteiger charge is -2.08. The lowest BCUT2D eigenvalue weighted by molar-refractivity contribution is 0.0532. The zero-order valence-electron chi connectivity index (χ0n) is 16.7. The Kier molecular flexibility index (Phi) is 6.82. The van der Waals surface area contributed by atoms with E-state index in [4.69, 9.17) is 10.5 Å². The number of aromatic nitrogens is 4. The molecule has 0 saturated carbocycles. The van der Waals surface area contributed by atoms with E-state index in [0.29, 0.717) is 17.1 Å². The van der Waals surface area contributed by atoms with Gasteiger partial charge >= 0.3 is 12.0 Å². The molecule has 3 aromatic rings. The van der Waals surface area contributed by atoms with E-state index in [2.05, 4.69) is 30.6 Å². The third kappa shape index (κ3) is 4.98. The molecule has 4 N–H and O–H groups in total. The standard InChI is InChI=1S/C19H19N7O4S/c1-3-21-19(29)25-12-8-10(15(20)27)11(9-24-12)17-26-13(16-22-6-5-7-23-16)14(31-17)18(28)30-4-2/h5-9H,3-4H2,1-2H3,(H2,20,27)(H2,21,24,25,29). The van der Waals surface area contributed by atoms with E-state index in [-0.39, 0.29) is 34.4 Å². The van der Waals surface area contributed by atoms with Gasteiger partial charge in [-0.3, -0.25) is 10.1 Å². The zero-order chi connectivity index (χ0) is 22.4. The average molecular weight is 441 g/mol. The van der Waals surface area contributed by atoms with E-state index in [1.54, 1.807) is 19.9 Å². The number of nitrogens with one attached hydrogen (secondary N) is 2. The van der Waals surface area contributed by atoms with Gasteiger partial charge < -0.3 is 15.8 Å². The molecular weight excluding hydrogens is 422 g/mol. The predicted molar refractivity (Wildman–Crippen MR) is 114 cm³/mol. The maximum atomic E-state index is 12.5. The van der Waals surface area contributed by atoms with Crippen LogP contribution in [0.4, 0.5) is 10.6 Å². The van der Waals surface area contributed by atoms with Crippen LogP contribution < -0.4 is 16.4 Å². The number of hydrogen-bond donors (Lipinski definition) is 3. The molecule has 0 saturated heterocycles. The summed E-state index contributed by atoms with van der Waals surface area (Å²) in [4.78, 5) is 53.4. The van der Waals surface area contributed by atoms with E-state index in [1.807, 2.05) is 0 Å². The average Bonchev–Trinajstić information content (AvgIpc) is 3.20. The Morgan fingerprint density at radius 2 is 1.90 bits per heavy atom. The van der Waals surface area contributed by atoms with Gasteiger partial charge in [0.15, 0.2) is 5.82 Å². The Morgan fingerprint density at radius 1 is 1.16 bits per heavy atom. The van der Waals surface area contributed by atoms with Crippen LogP contribution in [0.2, 0.25) is 0 Å². The highest BCUT2D eigenvalue weighted by Gasteiger charge is 2.25. The number of hydrogen-bond acceptors (Lipinski definition) is 9. The van der Waals surface area contributed by atoms with Gasteiger partial charge in [-0.15, -0.1) is 11.3 Å². The van der Waals surface area contributed by atoms with Gasteiger partial charge in [0.1, 0.15) is 21.4 Å². The number of carbonyl (C=O) groups is 3. The Hall–Kier alpha value is -3.93. The van der Waals surface area contributed by atoms with Crippen molar-refractivity contribution in [1.82, 2.24) is 25.3 Å². The fraction of sp³-hybridized carbons (Fsp3) is 0.211. The van der Waals surface area contributed by atoms with Crippen LogP contribution in [0.1, 0.15) is 33.9 Å². The fourth-order valence-electron chi connectivity index (χ4n) is 2.56. The lowest BCUT2D eigenvalue weighted by Crippen LogP contribution is -2.28. The summed E-state index contributed by atoms with van der Waals surface area (Å²) in [6, 6.07) is 2.51. The number of amides is 3. The molecule has 0 aliphatic rings. The molecule has 0 atom stereocenters. The number of anilines is 1. The van der Waals surface area contributed by atoms with Crippen LogP contribution in [-0.4, -0.2) is 51.0 Å². The molecule has 0 bridgehead atoms. The third-order valence-corrected chi connectivity index (χ3v) is 4.91. The monoisotopic (exact) mass is 441 g/mol. The van der Waals surface area contributed by atoms with Crippen molar-refractivity contribution in [1.29, 1.82) is 0 Å². The molecule has 0 aromatic carbocycles. The summed E-state index contributed by atoms with van der Waals surface area (Å²) in [5.41, 5.74) is 6.13. The number of esters is 1. The second-order valence-corrected chi connectivity index (χ2v) is 6.95. The van der Waals surface area contributed by atoms with Crippen molar-refractivity contribution in [2.45, 2.75) is 13.8 Å². The topological polar surface area (TPSA) is 162 Å². The van der Waals surface area contributed by atoms with Crippen LogP contribution >= 0.6 is 11.3 Å². The number of pyridine rings is 1. The van der Waals surface area contributed by atoms with Gasteiger partial charge in [-0.1, -0.05) is 0 Å². The Bertz CT molecular complexity index is 1120. The number of nitrogens with two attached hydrogens (primary N) is 1. The Balaban J connectivity index is 2.08. The van der Waals surface area contributed by atoms with E-state index in [1.165, 1.54) is 24.7 Å². The molecule has 0 unspecified atom stereocenters. The van der Waals surface area contributed by atoms with Crippen LogP contribution in [0.5, 0.6) is 0 Å². The normalized spacial score (nSPS) is 10.4. The van der Waals surface area contributed by atoms with Crippen LogP contribution in [-0.2, 0) is 4.74 Å². The molecule has 3 amide bonds. The molecular formula is C19H19N7O4S. The first-order valence-corrected chi connectivity index (χ1v) is 10.1. The van der Waals surface area contributed by atoms with Gasteiger partial charge in [0.2, 0.25) is 5.91 Å². The van der Waals surface area contributed by atoms with Gasteiger partial charge in [-0.25, -0.2) is 29.5 Å². The molecule has 11 nitrogen and oxygen atoms in total. The molecule has 3 heterocycles. The molecule has 3 aromatic heterocycles. The molecule has 0 spiro atoms. The zero-order valence-corrected chi connectivity index (χ0v) is 17.5. The number of ether oxygens (including phenoxy) is 1. The molecule has 31 heavy (non-hydrogen) atoms. The van der Waals surface area contributed by atoms with Crippen molar-refractivity contribution in [3.8, 4) is 22.1 Å². The summed E-state index contributed by atoms with van der Waals surface area (Å²) in [6.07, 6.45) is 4.40. The minimum atomic E-state index is -0.748. The van der Waals surface area contributed by atoms with Gasteiger partial charge in [0.25, 0.3) is 0 Å². The first-order valence-electron chi connectivity index (χ1n) is 9.25. The smallest absolute Gasteiger partial charge is 0.350 e. The second-order valence-electron chi connectivity index (χ2n) is 5.95. The van der Waals surface area contributed by atoms with Crippen molar-refractivity contribution in [2.75, 3.05) is 18.5 Å². The molecule has 160 valence electrons. The van der Waals surface area contributed by atoms with Gasteiger partial charge in [0.05, 0.1) is 12.2 Å². The highest BCUT2D eigenvalue weighted by Crippen LogP contribution is 2.35. The summed E-state index contributed by atoms with van der Waals surface area (Å²) < 4.78 is 5.12. The lowest BCUT2D eigenvalue weighted by atomic mass is 10.1. The first kappa shape index (κ1) is 21.8. The van der Waals surface area contributed by atoms with Gasteiger partial charge in [-0.2, -0.15) is 0 Å². The Morgan fingerprint density at radius 3 is 2.55 bits per heavy atom. The van der Waals surface area contributed by atoms with Crippen LogP contribution in [0.15, 0.2) is 30.7 Å². The van der Waals surface area contributed by atoms with E-state index >= 15 is 0 Å². The van der Waals surface area contributed by atoms with E-state index < -0.39 is 17.9 Å². The van der Waals surface area contributed by atoms with E-state index in [9.17, 15) is 14.4 Å². The summed E-state index contributed by atoms with van der Waals surface area (Å²) >= 11 is 1.00. The quantitative estimate of drug-likeness (QED) is 0.469. The van der Waals surface area contributed by atoms with Gasteiger partial charge in [0, 0.05) is 30.7 Å². The molecule has 0 aliphatic heterocycles. The van der Waals surface area contributed by atoms with Crippen molar-refractivity contribution in [2.24, 2.45) is 5.73 Å². The first-order chi connectivity index (χ1) is 14.9. The predicted octanol–water partition coefficient (Wildman–Crippen LogP) is 2.08. The number of thiazole rings is 1. The SMILES string of the molecule is CCNC(=O)Nc1cc(C(N)=O)c(-c2nc(-c3ncccn3)c(C(=O)OCC)s2)cn1. The van der Waals surface area contributed by atoms with Gasteiger partial charge in [-0.05, 0) is 26.0 Å². The number of carbonyl (C=O) groups excluding carboxylic acids is 3. The highest BCUT2D eigenvalue weighted by atomic mass is 32.1. The molecule has 0 fully saturated rings. The minimum absolute atomic E-state index is 0.0755. The van der Waals surface area contributed by atoms with Crippen LogP contribution in [0.3, 0.4) is 0 Å². The number of urea groups is 1. The van der Waals surface area contributed by atoms with Crippen molar-refractivity contribution < 1.29 is 19.1 Å². The maximum Gasteiger partial charge on any atom is 0.350 e. The van der Waals surface area contributed by atoms with Crippen LogP contribution in [0.25, 0.3) is 22.1 Å². The largest absolute Gasteiger partial charge is 0.462 e. The molecule has 0 radical (unpaired) electrons. The van der Waals surface area contributed by atoms with Crippen LogP contribution in [0, 0.1) is 0 Å². The maximum absolute atomic E-state index is 12.5. The second kappa shape index (κ2) is 9.71. The van der Waals surface area contributed by atoms with E-state index in [0.717, 1.165) is 11.3 Å².